The zero-order valence-corrected chi connectivity index (χ0v) is 25.8. The molecule has 0 N–H and O–H groups in total. The lowest BCUT2D eigenvalue weighted by atomic mass is 9.32. The van der Waals surface area contributed by atoms with Crippen LogP contribution < -0.4 is 0 Å². The molecule has 0 aromatic carbocycles. The summed E-state index contributed by atoms with van der Waals surface area (Å²) in [4.78, 5) is 12.4. The SMILES string of the molecule is C=C(C)[C@@H]1CC[C@]2(/C=C/C(=O)OCC)CC[C@]3(C)[C@H](CC[C@@H]4[C@@]5(C)CC[C@H](OC)C(C)(C)[C@@H]5CC[C@]43C)[C@@H]12. The van der Waals surface area contributed by atoms with E-state index >= 15 is 0 Å². The van der Waals surface area contributed by atoms with Crippen LogP contribution in [0.4, 0.5) is 0 Å². The van der Waals surface area contributed by atoms with E-state index in [-0.39, 0.29) is 16.8 Å². The van der Waals surface area contributed by atoms with Crippen molar-refractivity contribution in [1.29, 1.82) is 0 Å². The van der Waals surface area contributed by atoms with Crippen LogP contribution in [-0.4, -0.2) is 25.8 Å². The van der Waals surface area contributed by atoms with Crippen molar-refractivity contribution < 1.29 is 14.3 Å². The van der Waals surface area contributed by atoms with Crippen molar-refractivity contribution in [2.24, 2.45) is 56.7 Å². The van der Waals surface area contributed by atoms with Crippen LogP contribution in [0, 0.1) is 56.7 Å². The maximum atomic E-state index is 12.4. The van der Waals surface area contributed by atoms with Gasteiger partial charge in [-0.25, -0.2) is 4.79 Å². The molecule has 0 heterocycles. The van der Waals surface area contributed by atoms with E-state index in [2.05, 4.69) is 54.2 Å². The van der Waals surface area contributed by atoms with Crippen molar-refractivity contribution in [2.45, 2.75) is 119 Å². The Bertz CT molecular complexity index is 980. The Morgan fingerprint density at radius 3 is 2.29 bits per heavy atom. The van der Waals surface area contributed by atoms with Crippen LogP contribution in [0.1, 0.15) is 113 Å². The third-order valence-corrected chi connectivity index (χ3v) is 14.2. The molecule has 0 bridgehead atoms. The highest BCUT2D eigenvalue weighted by molar-refractivity contribution is 5.82. The summed E-state index contributed by atoms with van der Waals surface area (Å²) in [6, 6.07) is 0. The number of carbonyl (C=O) groups excluding carboxylic acids is 1. The van der Waals surface area contributed by atoms with Crippen LogP contribution in [-0.2, 0) is 14.3 Å². The minimum absolute atomic E-state index is 0.114. The first-order valence-electron chi connectivity index (χ1n) is 15.8. The predicted octanol–water partition coefficient (Wildman–Crippen LogP) is 8.78. The number of methoxy groups -OCH3 is 1. The Hall–Kier alpha value is -1.09. The Morgan fingerprint density at radius 2 is 1.63 bits per heavy atom. The van der Waals surface area contributed by atoms with Gasteiger partial charge in [-0.2, -0.15) is 0 Å². The van der Waals surface area contributed by atoms with Gasteiger partial charge in [-0.3, -0.25) is 0 Å². The standard InChI is InChI=1S/C35H56O3/c1-10-38-29(36)16-20-35-19-13-24(23(2)3)30(35)25-11-12-27-32(6)17-15-28(37-9)31(4,5)26(32)14-18-34(27,8)33(25,7)21-22-35/h16,20,24-28,30H,2,10-15,17-19,21-22H2,1,3-9H3/b20-16+/t24-,25+,26-,27+,28-,30+,32-,33+,34+,35-/m0/s1. The van der Waals surface area contributed by atoms with Crippen LogP contribution in [0.5, 0.6) is 0 Å². The maximum absolute atomic E-state index is 12.4. The molecule has 0 radical (unpaired) electrons. The van der Waals surface area contributed by atoms with Crippen molar-refractivity contribution in [1.82, 2.24) is 0 Å². The first kappa shape index (κ1) is 28.4. The van der Waals surface area contributed by atoms with Gasteiger partial charge in [0.25, 0.3) is 0 Å². The molecule has 0 saturated heterocycles. The summed E-state index contributed by atoms with van der Waals surface area (Å²) < 4.78 is 11.4. The molecular formula is C35H56O3. The summed E-state index contributed by atoms with van der Waals surface area (Å²) in [6.45, 7) is 22.2. The molecule has 3 nitrogen and oxygen atoms in total. The lowest BCUT2D eigenvalue weighted by molar-refractivity contribution is -0.246. The maximum Gasteiger partial charge on any atom is 0.330 e. The van der Waals surface area contributed by atoms with Gasteiger partial charge >= 0.3 is 5.97 Å². The fraction of sp³-hybridized carbons (Fsp3) is 0.857. The summed E-state index contributed by atoms with van der Waals surface area (Å²) in [5.41, 5.74) is 2.78. The zero-order valence-electron chi connectivity index (χ0n) is 25.8. The van der Waals surface area contributed by atoms with Crippen molar-refractivity contribution in [3.8, 4) is 0 Å². The lowest BCUT2D eigenvalue weighted by Gasteiger charge is -2.73. The summed E-state index contributed by atoms with van der Waals surface area (Å²) in [7, 11) is 1.93. The summed E-state index contributed by atoms with van der Waals surface area (Å²) in [5, 5.41) is 0. The highest BCUT2D eigenvalue weighted by Gasteiger charge is 2.70. The molecule has 3 heteroatoms. The smallest absolute Gasteiger partial charge is 0.330 e. The zero-order chi connectivity index (χ0) is 27.7. The highest BCUT2D eigenvalue weighted by atomic mass is 16.5. The van der Waals surface area contributed by atoms with E-state index in [0.717, 1.165) is 11.8 Å². The molecule has 0 unspecified atom stereocenters. The van der Waals surface area contributed by atoms with E-state index in [9.17, 15) is 4.79 Å². The Balaban J connectivity index is 1.51. The van der Waals surface area contributed by atoms with Crippen LogP contribution in [0.2, 0.25) is 0 Å². The Morgan fingerprint density at radius 1 is 0.895 bits per heavy atom. The van der Waals surface area contributed by atoms with Gasteiger partial charge in [0.2, 0.25) is 0 Å². The molecule has 0 aromatic rings. The highest BCUT2D eigenvalue weighted by Crippen LogP contribution is 2.77. The van der Waals surface area contributed by atoms with Crippen molar-refractivity contribution in [3.05, 3.63) is 24.3 Å². The molecule has 5 aliphatic rings. The van der Waals surface area contributed by atoms with Gasteiger partial charge in [0, 0.05) is 13.2 Å². The topological polar surface area (TPSA) is 35.5 Å². The van der Waals surface area contributed by atoms with Gasteiger partial charge in [0.15, 0.2) is 0 Å². The first-order valence-corrected chi connectivity index (χ1v) is 15.8. The first-order chi connectivity index (χ1) is 17.8. The molecule has 0 aromatic heterocycles. The van der Waals surface area contributed by atoms with Gasteiger partial charge < -0.3 is 9.47 Å². The number of esters is 1. The van der Waals surface area contributed by atoms with Crippen LogP contribution >= 0.6 is 0 Å². The quantitative estimate of drug-likeness (QED) is 0.205. The van der Waals surface area contributed by atoms with Gasteiger partial charge in [-0.1, -0.05) is 52.8 Å². The number of hydrogen-bond donors (Lipinski definition) is 0. The van der Waals surface area contributed by atoms with E-state index in [0.29, 0.717) is 46.7 Å². The monoisotopic (exact) mass is 524 g/mol. The molecule has 0 spiro atoms. The second-order valence-corrected chi connectivity index (χ2v) is 15.6. The lowest BCUT2D eigenvalue weighted by Crippen LogP contribution is -2.66. The average Bonchev–Trinajstić information content (AvgIpc) is 3.23. The second-order valence-electron chi connectivity index (χ2n) is 15.6. The van der Waals surface area contributed by atoms with Crippen LogP contribution in [0.25, 0.3) is 0 Å². The fourth-order valence-corrected chi connectivity index (χ4v) is 12.3. The minimum Gasteiger partial charge on any atom is -0.463 e. The van der Waals surface area contributed by atoms with E-state index in [1.807, 2.05) is 14.0 Å². The molecule has 214 valence electrons. The summed E-state index contributed by atoms with van der Waals surface area (Å²) in [6.07, 6.45) is 17.2. The number of carbonyl (C=O) groups is 1. The Labute approximate surface area is 233 Å². The summed E-state index contributed by atoms with van der Waals surface area (Å²) in [5.74, 6) is 3.18. The third-order valence-electron chi connectivity index (χ3n) is 14.2. The average molecular weight is 525 g/mol. The normalized spacial score (nSPS) is 49.5. The molecule has 5 rings (SSSR count). The van der Waals surface area contributed by atoms with E-state index < -0.39 is 0 Å². The number of rotatable bonds is 5. The molecule has 38 heavy (non-hydrogen) atoms. The molecule has 0 aliphatic heterocycles. The van der Waals surface area contributed by atoms with Crippen LogP contribution in [0.3, 0.4) is 0 Å². The van der Waals surface area contributed by atoms with Crippen molar-refractivity contribution >= 4 is 5.97 Å². The largest absolute Gasteiger partial charge is 0.463 e. The molecular weight excluding hydrogens is 468 g/mol. The van der Waals surface area contributed by atoms with Crippen molar-refractivity contribution in [2.75, 3.05) is 13.7 Å². The predicted molar refractivity (Wildman–Crippen MR) is 156 cm³/mol. The minimum atomic E-state index is -0.177. The third kappa shape index (κ3) is 3.79. The van der Waals surface area contributed by atoms with Gasteiger partial charge in [-0.05, 0) is 135 Å². The molecule has 5 saturated carbocycles. The number of ether oxygens (including phenoxy) is 2. The number of hydrogen-bond acceptors (Lipinski definition) is 3. The molecule has 0 amide bonds. The fourth-order valence-electron chi connectivity index (χ4n) is 12.3. The second kappa shape index (κ2) is 9.49. The summed E-state index contributed by atoms with van der Waals surface area (Å²) >= 11 is 0. The van der Waals surface area contributed by atoms with E-state index in [4.69, 9.17) is 9.47 Å². The van der Waals surface area contributed by atoms with E-state index in [1.54, 1.807) is 6.08 Å². The van der Waals surface area contributed by atoms with Crippen molar-refractivity contribution in [3.63, 3.8) is 0 Å². The molecule has 10 atom stereocenters. The number of allylic oxidation sites excluding steroid dienone is 2. The molecule has 5 fully saturated rings. The van der Waals surface area contributed by atoms with Gasteiger partial charge in [0.05, 0.1) is 12.7 Å². The van der Waals surface area contributed by atoms with E-state index in [1.165, 1.54) is 69.8 Å². The van der Waals surface area contributed by atoms with Gasteiger partial charge in [0.1, 0.15) is 0 Å². The number of fused-ring (bicyclic) bond motifs is 7. The van der Waals surface area contributed by atoms with Crippen LogP contribution in [0.15, 0.2) is 24.3 Å². The Kier molecular flexibility index (Phi) is 7.10. The molecule has 5 aliphatic carbocycles. The van der Waals surface area contributed by atoms with Gasteiger partial charge in [-0.15, -0.1) is 0 Å².